The molecule has 0 saturated heterocycles. The first kappa shape index (κ1) is 8.87. The summed E-state index contributed by atoms with van der Waals surface area (Å²) in [4.78, 5) is 0. The number of aromatic nitrogens is 1. The predicted molar refractivity (Wildman–Crippen MR) is 46.6 cm³/mol. The van der Waals surface area contributed by atoms with Crippen molar-refractivity contribution in [3.8, 4) is 11.3 Å². The minimum absolute atomic E-state index is 0.113. The minimum Gasteiger partial charge on any atom is -0.364 e. The maximum Gasteiger partial charge on any atom is 0.133 e. The highest BCUT2D eigenvalue weighted by molar-refractivity contribution is 5.59. The van der Waals surface area contributed by atoms with E-state index < -0.39 is 11.6 Å². The lowest BCUT2D eigenvalue weighted by Gasteiger charge is -2.01. The Morgan fingerprint density at radius 3 is 2.64 bits per heavy atom. The third-order valence-electron chi connectivity index (χ3n) is 1.96. The molecule has 0 N–H and O–H groups in total. The van der Waals surface area contributed by atoms with Crippen LogP contribution in [0.4, 0.5) is 8.78 Å². The van der Waals surface area contributed by atoms with E-state index in [0.29, 0.717) is 5.69 Å². The number of halogens is 2. The van der Waals surface area contributed by atoms with Gasteiger partial charge in [0.2, 0.25) is 0 Å². The molecule has 0 bridgehead atoms. The standard InChI is InChI=1S/C10H7F2NO/c1-6-4-9(12)7(5-8(6)11)10-2-3-14-13-10/h2-5H,1H3. The number of benzene rings is 1. The van der Waals surface area contributed by atoms with E-state index in [0.717, 1.165) is 12.1 Å². The Hall–Kier alpha value is -1.71. The largest absolute Gasteiger partial charge is 0.364 e. The van der Waals surface area contributed by atoms with E-state index >= 15 is 0 Å². The van der Waals surface area contributed by atoms with Gasteiger partial charge in [0.25, 0.3) is 0 Å². The van der Waals surface area contributed by atoms with E-state index in [1.54, 1.807) is 0 Å². The SMILES string of the molecule is Cc1cc(F)c(-c2ccon2)cc1F. The van der Waals surface area contributed by atoms with Crippen molar-refractivity contribution in [1.29, 1.82) is 0 Å². The van der Waals surface area contributed by atoms with Gasteiger partial charge in [-0.15, -0.1) is 0 Å². The van der Waals surface area contributed by atoms with Crippen molar-refractivity contribution in [3.05, 3.63) is 41.7 Å². The Bertz CT molecular complexity index is 451. The van der Waals surface area contributed by atoms with Gasteiger partial charge in [0.05, 0.1) is 0 Å². The fourth-order valence-corrected chi connectivity index (χ4v) is 1.19. The van der Waals surface area contributed by atoms with Gasteiger partial charge in [0.15, 0.2) is 0 Å². The van der Waals surface area contributed by atoms with Crippen molar-refractivity contribution in [2.45, 2.75) is 6.92 Å². The van der Waals surface area contributed by atoms with Crippen LogP contribution in [-0.4, -0.2) is 5.16 Å². The highest BCUT2D eigenvalue weighted by Gasteiger charge is 2.11. The summed E-state index contributed by atoms with van der Waals surface area (Å²) in [6.45, 7) is 1.50. The molecule has 0 atom stereocenters. The normalized spacial score (nSPS) is 10.5. The van der Waals surface area contributed by atoms with Crippen molar-refractivity contribution >= 4 is 0 Å². The van der Waals surface area contributed by atoms with Gasteiger partial charge in [0, 0.05) is 11.6 Å². The lowest BCUT2D eigenvalue weighted by Crippen LogP contribution is -1.90. The Balaban J connectivity index is 2.60. The van der Waals surface area contributed by atoms with Crippen LogP contribution in [0.3, 0.4) is 0 Å². The van der Waals surface area contributed by atoms with Crippen LogP contribution in [0, 0.1) is 18.6 Å². The van der Waals surface area contributed by atoms with Crippen LogP contribution in [0.25, 0.3) is 11.3 Å². The second-order valence-corrected chi connectivity index (χ2v) is 2.97. The van der Waals surface area contributed by atoms with Gasteiger partial charge < -0.3 is 4.52 Å². The Morgan fingerprint density at radius 2 is 2.00 bits per heavy atom. The molecule has 0 radical (unpaired) electrons. The molecule has 0 amide bonds. The third-order valence-corrected chi connectivity index (χ3v) is 1.96. The maximum atomic E-state index is 13.3. The zero-order chi connectivity index (χ0) is 10.1. The van der Waals surface area contributed by atoms with Gasteiger partial charge in [-0.2, -0.15) is 0 Å². The van der Waals surface area contributed by atoms with E-state index in [4.69, 9.17) is 0 Å². The maximum absolute atomic E-state index is 13.3. The van der Waals surface area contributed by atoms with Crippen LogP contribution >= 0.6 is 0 Å². The number of hydrogen-bond acceptors (Lipinski definition) is 2. The first-order chi connectivity index (χ1) is 6.68. The average Bonchev–Trinajstić information content (AvgIpc) is 2.64. The van der Waals surface area contributed by atoms with Crippen molar-refractivity contribution < 1.29 is 13.3 Å². The summed E-state index contributed by atoms with van der Waals surface area (Å²) in [6, 6.07) is 3.73. The van der Waals surface area contributed by atoms with Gasteiger partial charge >= 0.3 is 0 Å². The van der Waals surface area contributed by atoms with Gasteiger partial charge in [-0.05, 0) is 24.6 Å². The van der Waals surface area contributed by atoms with Crippen molar-refractivity contribution in [2.24, 2.45) is 0 Å². The molecule has 4 heteroatoms. The van der Waals surface area contributed by atoms with E-state index in [-0.39, 0.29) is 11.1 Å². The molecule has 0 aliphatic rings. The zero-order valence-corrected chi connectivity index (χ0v) is 7.42. The summed E-state index contributed by atoms with van der Waals surface area (Å²) in [7, 11) is 0. The van der Waals surface area contributed by atoms with E-state index in [1.165, 1.54) is 19.3 Å². The van der Waals surface area contributed by atoms with E-state index in [2.05, 4.69) is 9.68 Å². The average molecular weight is 195 g/mol. The first-order valence-electron chi connectivity index (χ1n) is 4.05. The minimum atomic E-state index is -0.502. The predicted octanol–water partition coefficient (Wildman–Crippen LogP) is 2.93. The summed E-state index contributed by atoms with van der Waals surface area (Å²) < 4.78 is 31.0. The molecule has 0 spiro atoms. The lowest BCUT2D eigenvalue weighted by atomic mass is 10.1. The molecule has 14 heavy (non-hydrogen) atoms. The summed E-state index contributed by atoms with van der Waals surface area (Å²) in [5.41, 5.74) is 0.679. The van der Waals surface area contributed by atoms with Crippen LogP contribution < -0.4 is 0 Å². The zero-order valence-electron chi connectivity index (χ0n) is 7.42. The number of aryl methyl sites for hydroxylation is 1. The smallest absolute Gasteiger partial charge is 0.133 e. The van der Waals surface area contributed by atoms with Crippen LogP contribution in [0.2, 0.25) is 0 Å². The van der Waals surface area contributed by atoms with Crippen molar-refractivity contribution in [3.63, 3.8) is 0 Å². The molecule has 1 heterocycles. The lowest BCUT2D eigenvalue weighted by molar-refractivity contribution is 0.421. The molecule has 0 aliphatic carbocycles. The first-order valence-corrected chi connectivity index (χ1v) is 4.05. The molecule has 1 aromatic carbocycles. The number of nitrogens with zero attached hydrogens (tertiary/aromatic N) is 1. The topological polar surface area (TPSA) is 26.0 Å². The highest BCUT2D eigenvalue weighted by atomic mass is 19.1. The Labute approximate surface area is 79.1 Å². The summed E-state index contributed by atoms with van der Waals surface area (Å²) in [6.07, 6.45) is 1.31. The van der Waals surface area contributed by atoms with Gasteiger partial charge in [-0.1, -0.05) is 5.16 Å². The summed E-state index contributed by atoms with van der Waals surface area (Å²) >= 11 is 0. The molecule has 0 fully saturated rings. The molecule has 2 rings (SSSR count). The summed E-state index contributed by atoms with van der Waals surface area (Å²) in [5, 5.41) is 3.54. The molecule has 72 valence electrons. The Kier molecular flexibility index (Phi) is 2.04. The fourth-order valence-electron chi connectivity index (χ4n) is 1.19. The Morgan fingerprint density at radius 1 is 1.21 bits per heavy atom. The highest BCUT2D eigenvalue weighted by Crippen LogP contribution is 2.23. The van der Waals surface area contributed by atoms with Crippen molar-refractivity contribution in [1.82, 2.24) is 5.16 Å². The monoisotopic (exact) mass is 195 g/mol. The second kappa shape index (κ2) is 3.21. The van der Waals surface area contributed by atoms with Gasteiger partial charge in [0.1, 0.15) is 23.6 Å². The van der Waals surface area contributed by atoms with Gasteiger partial charge in [-0.3, -0.25) is 0 Å². The molecule has 0 aliphatic heterocycles. The van der Waals surface area contributed by atoms with Crippen LogP contribution in [-0.2, 0) is 0 Å². The molecule has 0 saturated carbocycles. The molecular formula is C10H7F2NO. The molecule has 2 nitrogen and oxygen atoms in total. The number of hydrogen-bond donors (Lipinski definition) is 0. The molecule has 0 unspecified atom stereocenters. The quantitative estimate of drug-likeness (QED) is 0.699. The number of rotatable bonds is 1. The van der Waals surface area contributed by atoms with Crippen LogP contribution in [0.15, 0.2) is 29.0 Å². The molecular weight excluding hydrogens is 188 g/mol. The summed E-state index contributed by atoms with van der Waals surface area (Å²) in [5.74, 6) is -0.956. The third kappa shape index (κ3) is 1.39. The van der Waals surface area contributed by atoms with Crippen molar-refractivity contribution in [2.75, 3.05) is 0 Å². The van der Waals surface area contributed by atoms with E-state index in [1.807, 2.05) is 0 Å². The molecule has 1 aromatic heterocycles. The van der Waals surface area contributed by atoms with Gasteiger partial charge in [-0.25, -0.2) is 8.78 Å². The van der Waals surface area contributed by atoms with Crippen LogP contribution in [0.1, 0.15) is 5.56 Å². The fraction of sp³-hybridized carbons (Fsp3) is 0.100. The van der Waals surface area contributed by atoms with Crippen LogP contribution in [0.5, 0.6) is 0 Å². The van der Waals surface area contributed by atoms with E-state index in [9.17, 15) is 8.78 Å². The molecule has 2 aromatic rings. The second-order valence-electron chi connectivity index (χ2n) is 2.97.